The van der Waals surface area contributed by atoms with Gasteiger partial charge in [0.05, 0.1) is 24.3 Å². The summed E-state index contributed by atoms with van der Waals surface area (Å²) in [7, 11) is 0. The summed E-state index contributed by atoms with van der Waals surface area (Å²) in [6.45, 7) is 2.13. The Balaban J connectivity index is 2.47. The van der Waals surface area contributed by atoms with Crippen LogP contribution in [0.5, 0.6) is 0 Å². The third kappa shape index (κ3) is 7.49. The molecule has 2 amide bonds. The lowest BCUT2D eigenvalue weighted by Crippen LogP contribution is -2.26. The minimum absolute atomic E-state index is 0.0615. The van der Waals surface area contributed by atoms with E-state index in [-0.39, 0.29) is 36.6 Å². The van der Waals surface area contributed by atoms with E-state index < -0.39 is 11.8 Å². The van der Waals surface area contributed by atoms with Crippen molar-refractivity contribution in [3.8, 4) is 0 Å². The van der Waals surface area contributed by atoms with Gasteiger partial charge in [-0.05, 0) is 47.1 Å². The largest absolute Gasteiger partial charge is 0.394 e. The highest BCUT2D eigenvalue weighted by Crippen LogP contribution is 2.13. The highest BCUT2D eigenvalue weighted by molar-refractivity contribution is 9.12. The Morgan fingerprint density at radius 2 is 1.88 bits per heavy atom. The van der Waals surface area contributed by atoms with Crippen LogP contribution in [0.1, 0.15) is 17.3 Å². The van der Waals surface area contributed by atoms with Crippen LogP contribution in [-0.2, 0) is 14.3 Å². The molecular formula is C16H19BrN2O5. The van der Waals surface area contributed by atoms with Gasteiger partial charge in [0, 0.05) is 23.9 Å². The van der Waals surface area contributed by atoms with Gasteiger partial charge >= 0.3 is 0 Å². The molecule has 1 aromatic rings. The Hall–Kier alpha value is -2.03. The number of ether oxygens (including phenoxy) is 1. The van der Waals surface area contributed by atoms with E-state index >= 15 is 0 Å². The van der Waals surface area contributed by atoms with Gasteiger partial charge in [-0.15, -0.1) is 0 Å². The number of hydrogen-bond donors (Lipinski definition) is 3. The van der Waals surface area contributed by atoms with Crippen LogP contribution in [0.2, 0.25) is 0 Å². The standard InChI is InChI=1S/C16H19BrN2O5/c1-11(21)12-2-4-13(5-3-12)19-16(23)14(17)10-15(22)18-6-8-24-9-7-20/h2-5,10,20H,6-9H2,1H3,(H,18,22)(H,19,23)/b14-10+. The Morgan fingerprint density at radius 3 is 2.46 bits per heavy atom. The number of carbonyl (C=O) groups excluding carboxylic acids is 3. The number of hydrogen-bond acceptors (Lipinski definition) is 5. The van der Waals surface area contributed by atoms with Gasteiger partial charge in [-0.1, -0.05) is 0 Å². The van der Waals surface area contributed by atoms with Crippen LogP contribution < -0.4 is 10.6 Å². The number of anilines is 1. The highest BCUT2D eigenvalue weighted by atomic mass is 79.9. The van der Waals surface area contributed by atoms with Crippen molar-refractivity contribution in [3.05, 3.63) is 40.4 Å². The van der Waals surface area contributed by atoms with E-state index in [0.717, 1.165) is 6.08 Å². The van der Waals surface area contributed by atoms with Crippen LogP contribution in [0, 0.1) is 0 Å². The van der Waals surface area contributed by atoms with Gasteiger partial charge in [0.2, 0.25) is 5.91 Å². The minimum atomic E-state index is -0.489. The Kier molecular flexibility index (Phi) is 8.92. The van der Waals surface area contributed by atoms with Gasteiger partial charge in [-0.25, -0.2) is 0 Å². The average Bonchev–Trinajstić information content (AvgIpc) is 2.55. The third-order valence-corrected chi connectivity index (χ3v) is 3.39. The molecule has 1 rings (SSSR count). The Bertz CT molecular complexity index is 613. The quantitative estimate of drug-likeness (QED) is 0.329. The van der Waals surface area contributed by atoms with Gasteiger partial charge in [0.1, 0.15) is 0 Å². The maximum Gasteiger partial charge on any atom is 0.262 e. The SMILES string of the molecule is CC(=O)c1ccc(NC(=O)/C(Br)=C\C(=O)NCCOCCO)cc1. The smallest absolute Gasteiger partial charge is 0.262 e. The summed E-state index contributed by atoms with van der Waals surface area (Å²) in [5.74, 6) is -0.998. The van der Waals surface area contributed by atoms with E-state index in [2.05, 4.69) is 26.6 Å². The molecule has 0 spiro atoms. The van der Waals surface area contributed by atoms with Crippen molar-refractivity contribution in [2.75, 3.05) is 31.7 Å². The molecule has 0 saturated heterocycles. The van der Waals surface area contributed by atoms with Crippen molar-refractivity contribution in [1.82, 2.24) is 5.32 Å². The molecule has 0 aromatic heterocycles. The normalized spacial score (nSPS) is 11.0. The molecule has 0 radical (unpaired) electrons. The Morgan fingerprint density at radius 1 is 1.21 bits per heavy atom. The van der Waals surface area contributed by atoms with E-state index in [0.29, 0.717) is 11.3 Å². The molecule has 0 fully saturated rings. The summed E-state index contributed by atoms with van der Waals surface area (Å²) in [6, 6.07) is 6.42. The fourth-order valence-electron chi connectivity index (χ4n) is 1.62. The second-order valence-electron chi connectivity index (χ2n) is 4.71. The van der Waals surface area contributed by atoms with Crippen molar-refractivity contribution in [2.45, 2.75) is 6.92 Å². The summed E-state index contributed by atoms with van der Waals surface area (Å²) in [5, 5.41) is 13.7. The summed E-state index contributed by atoms with van der Waals surface area (Å²) in [6.07, 6.45) is 1.12. The molecule has 0 saturated carbocycles. The van der Waals surface area contributed by atoms with Gasteiger partial charge in [0.25, 0.3) is 5.91 Å². The number of nitrogens with one attached hydrogen (secondary N) is 2. The topological polar surface area (TPSA) is 105 Å². The molecule has 0 bridgehead atoms. The van der Waals surface area contributed by atoms with Gasteiger partial charge in [-0.2, -0.15) is 0 Å². The zero-order chi connectivity index (χ0) is 17.9. The summed E-state index contributed by atoms with van der Waals surface area (Å²) >= 11 is 3.04. The first-order valence-electron chi connectivity index (χ1n) is 7.20. The van der Waals surface area contributed by atoms with Crippen molar-refractivity contribution >= 4 is 39.2 Å². The molecule has 24 heavy (non-hydrogen) atoms. The summed E-state index contributed by atoms with van der Waals surface area (Å²) in [4.78, 5) is 34.8. The van der Waals surface area contributed by atoms with Crippen LogP contribution in [0.15, 0.2) is 34.8 Å². The van der Waals surface area contributed by atoms with E-state index in [9.17, 15) is 14.4 Å². The molecule has 1 aromatic carbocycles. The average molecular weight is 399 g/mol. The molecular weight excluding hydrogens is 380 g/mol. The predicted molar refractivity (Wildman–Crippen MR) is 93.0 cm³/mol. The van der Waals surface area contributed by atoms with E-state index in [1.54, 1.807) is 24.3 Å². The maximum absolute atomic E-state index is 12.0. The fraction of sp³-hybridized carbons (Fsp3) is 0.312. The first kappa shape index (κ1) is 20.0. The van der Waals surface area contributed by atoms with Crippen LogP contribution >= 0.6 is 15.9 Å². The fourth-order valence-corrected chi connectivity index (χ4v) is 1.93. The van der Waals surface area contributed by atoms with Gasteiger partial charge in [0.15, 0.2) is 5.78 Å². The van der Waals surface area contributed by atoms with Gasteiger partial charge < -0.3 is 20.5 Å². The number of Topliss-reactive ketones (excluding diaryl/α,β-unsaturated/α-hetero) is 1. The predicted octanol–water partition coefficient (Wildman–Crippen LogP) is 1.23. The van der Waals surface area contributed by atoms with Crippen molar-refractivity contribution in [1.29, 1.82) is 0 Å². The highest BCUT2D eigenvalue weighted by Gasteiger charge is 2.09. The van der Waals surface area contributed by atoms with Crippen LogP contribution in [0.25, 0.3) is 0 Å². The van der Waals surface area contributed by atoms with E-state index in [4.69, 9.17) is 9.84 Å². The molecule has 0 aliphatic heterocycles. The summed E-state index contributed by atoms with van der Waals surface area (Å²) < 4.78 is 5.05. The number of ketones is 1. The van der Waals surface area contributed by atoms with E-state index in [1.807, 2.05) is 0 Å². The number of rotatable bonds is 9. The number of amides is 2. The number of aliphatic hydroxyl groups excluding tert-OH is 1. The molecule has 7 nitrogen and oxygen atoms in total. The minimum Gasteiger partial charge on any atom is -0.394 e. The van der Waals surface area contributed by atoms with Crippen molar-refractivity contribution in [2.24, 2.45) is 0 Å². The molecule has 0 aliphatic rings. The molecule has 130 valence electrons. The van der Waals surface area contributed by atoms with Gasteiger partial charge in [-0.3, -0.25) is 14.4 Å². The lowest BCUT2D eigenvalue weighted by Gasteiger charge is -2.06. The monoisotopic (exact) mass is 398 g/mol. The third-order valence-electron chi connectivity index (χ3n) is 2.81. The number of carbonyl (C=O) groups is 3. The number of aliphatic hydroxyl groups is 1. The second-order valence-corrected chi connectivity index (χ2v) is 5.56. The molecule has 0 atom stereocenters. The number of benzene rings is 1. The first-order valence-corrected chi connectivity index (χ1v) is 7.99. The maximum atomic E-state index is 12.0. The molecule has 0 unspecified atom stereocenters. The zero-order valence-electron chi connectivity index (χ0n) is 13.2. The number of halogens is 1. The first-order chi connectivity index (χ1) is 11.4. The summed E-state index contributed by atoms with van der Waals surface area (Å²) in [5.41, 5.74) is 1.05. The van der Waals surface area contributed by atoms with Crippen LogP contribution in [-0.4, -0.2) is 49.1 Å². The molecule has 0 aliphatic carbocycles. The molecule has 0 heterocycles. The lowest BCUT2D eigenvalue weighted by molar-refractivity contribution is -0.117. The second kappa shape index (κ2) is 10.7. The van der Waals surface area contributed by atoms with Crippen molar-refractivity contribution in [3.63, 3.8) is 0 Å². The van der Waals surface area contributed by atoms with Crippen LogP contribution in [0.4, 0.5) is 5.69 Å². The molecule has 3 N–H and O–H groups in total. The van der Waals surface area contributed by atoms with E-state index in [1.165, 1.54) is 6.92 Å². The van der Waals surface area contributed by atoms with Crippen molar-refractivity contribution < 1.29 is 24.2 Å². The molecule has 8 heteroatoms. The zero-order valence-corrected chi connectivity index (χ0v) is 14.8. The Labute approximate surface area is 148 Å². The van der Waals surface area contributed by atoms with Crippen LogP contribution in [0.3, 0.4) is 0 Å². The lowest BCUT2D eigenvalue weighted by atomic mass is 10.1.